The van der Waals surface area contributed by atoms with Gasteiger partial charge in [-0.1, -0.05) is 75.2 Å². The summed E-state index contributed by atoms with van der Waals surface area (Å²) in [7, 11) is 2.95. The molecule has 2 aromatic carbocycles. The fourth-order valence-electron chi connectivity index (χ4n) is 7.94. The quantitative estimate of drug-likeness (QED) is 0.241. The van der Waals surface area contributed by atoms with Gasteiger partial charge in [-0.3, -0.25) is 19.6 Å². The van der Waals surface area contributed by atoms with E-state index >= 15 is 0 Å². The van der Waals surface area contributed by atoms with Gasteiger partial charge in [-0.2, -0.15) is 0 Å². The Morgan fingerprint density at radius 2 is 1.39 bits per heavy atom. The highest BCUT2D eigenvalue weighted by atomic mass is 16.5. The van der Waals surface area contributed by atoms with E-state index in [2.05, 4.69) is 59.2 Å². The van der Waals surface area contributed by atoms with Crippen LogP contribution in [0, 0.1) is 17.8 Å². The number of nitrogens with one attached hydrogen (secondary N) is 2. The second kappa shape index (κ2) is 16.6. The smallest absolute Gasteiger partial charge is 0.407 e. The highest BCUT2D eigenvalue weighted by Crippen LogP contribution is 2.37. The summed E-state index contributed by atoms with van der Waals surface area (Å²) in [4.78, 5) is 49.9. The first-order chi connectivity index (χ1) is 24.8. The van der Waals surface area contributed by atoms with E-state index in [-0.39, 0.29) is 35.6 Å². The van der Waals surface area contributed by atoms with E-state index in [0.29, 0.717) is 26.1 Å². The number of carbonyl (C=O) groups is 3. The number of amides is 3. The first-order valence-electron chi connectivity index (χ1n) is 18.4. The number of aliphatic imine (C=N–C) groups is 2. The molecular weight excluding hydrogens is 642 g/mol. The minimum absolute atomic E-state index is 0.0217. The van der Waals surface area contributed by atoms with E-state index in [1.54, 1.807) is 7.11 Å². The van der Waals surface area contributed by atoms with Crippen LogP contribution in [0.25, 0.3) is 22.3 Å². The zero-order chi connectivity index (χ0) is 35.9. The molecule has 10 nitrogen and oxygen atoms in total. The average molecular weight is 694 g/mol. The Morgan fingerprint density at radius 3 is 2.00 bits per heavy atom. The van der Waals surface area contributed by atoms with Gasteiger partial charge >= 0.3 is 6.09 Å². The van der Waals surface area contributed by atoms with Crippen LogP contribution >= 0.6 is 0 Å². The Balaban J connectivity index is 1.03. The van der Waals surface area contributed by atoms with Crippen molar-refractivity contribution in [2.75, 3.05) is 33.9 Å². The fraction of sp³-hybridized carbons (Fsp3) is 0.488. The molecule has 1 saturated carbocycles. The molecule has 1 saturated heterocycles. The zero-order valence-corrected chi connectivity index (χ0v) is 30.3. The van der Waals surface area contributed by atoms with E-state index in [0.717, 1.165) is 84.2 Å². The maximum atomic E-state index is 13.5. The summed E-state index contributed by atoms with van der Waals surface area (Å²) in [5, 5.41) is 5.77. The molecular formula is C41H51N5O5. The van der Waals surface area contributed by atoms with Gasteiger partial charge in [-0.15, -0.1) is 0 Å². The lowest BCUT2D eigenvalue weighted by Gasteiger charge is -2.31. The molecule has 270 valence electrons. The molecule has 1 unspecified atom stereocenters. The number of hydrogen-bond donors (Lipinski definition) is 2. The number of nitrogens with zero attached hydrogens (tertiary/aromatic N) is 3. The lowest BCUT2D eigenvalue weighted by atomic mass is 9.75. The Hall–Kier alpha value is -4.57. The molecule has 3 heterocycles. The number of likely N-dealkylation sites (tertiary alicyclic amines) is 1. The van der Waals surface area contributed by atoms with Gasteiger partial charge in [0.1, 0.15) is 6.04 Å². The van der Waals surface area contributed by atoms with Crippen molar-refractivity contribution in [2.24, 2.45) is 27.7 Å². The molecule has 3 amide bonds. The fourth-order valence-corrected chi connectivity index (χ4v) is 7.94. The predicted molar refractivity (Wildman–Crippen MR) is 201 cm³/mol. The van der Waals surface area contributed by atoms with Crippen molar-refractivity contribution in [1.82, 2.24) is 15.5 Å². The largest absolute Gasteiger partial charge is 0.453 e. The Morgan fingerprint density at radius 1 is 0.804 bits per heavy atom. The van der Waals surface area contributed by atoms with Crippen molar-refractivity contribution in [1.29, 1.82) is 0 Å². The van der Waals surface area contributed by atoms with Gasteiger partial charge in [-0.05, 0) is 65.0 Å². The van der Waals surface area contributed by atoms with Crippen LogP contribution in [0.15, 0.2) is 70.9 Å². The lowest BCUT2D eigenvalue weighted by molar-refractivity contribution is -0.134. The summed E-state index contributed by atoms with van der Waals surface area (Å²) in [5.41, 5.74) is 9.01. The van der Waals surface area contributed by atoms with E-state index < -0.39 is 12.1 Å². The van der Waals surface area contributed by atoms with Crippen LogP contribution in [0.2, 0.25) is 0 Å². The molecule has 3 aliphatic heterocycles. The predicted octanol–water partition coefficient (Wildman–Crippen LogP) is 6.67. The molecule has 2 aromatic rings. The van der Waals surface area contributed by atoms with Crippen LogP contribution in [-0.2, 0) is 19.1 Å². The van der Waals surface area contributed by atoms with Crippen molar-refractivity contribution in [2.45, 2.75) is 77.3 Å². The molecule has 0 spiro atoms. The number of methoxy groups -OCH3 is 2. The summed E-state index contributed by atoms with van der Waals surface area (Å²) in [6.45, 7) is 5.56. The minimum atomic E-state index is -0.643. The van der Waals surface area contributed by atoms with Crippen molar-refractivity contribution < 1.29 is 23.9 Å². The number of alkyl carbamates (subject to hydrolysis) is 1. The molecule has 0 bridgehead atoms. The van der Waals surface area contributed by atoms with Crippen molar-refractivity contribution in [3.63, 3.8) is 0 Å². The van der Waals surface area contributed by atoms with Crippen LogP contribution < -0.4 is 10.6 Å². The standard InChI is InChI=1S/C41H51N5O5/c1-26(2)38(45-41(49)51-4)40(48)46-20-7-10-37(46)36-23-32(25-44-36)30-17-13-28(14-18-30)27-11-15-29(16-12-27)31-22-35(43-24-31)33-8-5-6-9-34(33)39(47)42-19-21-50-3/h11-18,24-26,33-34,37-38H,5-10,19-23H2,1-4H3,(H,42,47)(H,45,49)/t33?,34-,37+,38+/m1/s1. The van der Waals surface area contributed by atoms with Crippen LogP contribution in [0.3, 0.4) is 0 Å². The maximum Gasteiger partial charge on any atom is 0.407 e. The highest BCUT2D eigenvalue weighted by molar-refractivity contribution is 6.04. The van der Waals surface area contributed by atoms with Gasteiger partial charge in [0.05, 0.1) is 19.8 Å². The number of carbonyl (C=O) groups excluding carboxylic acids is 3. The van der Waals surface area contributed by atoms with E-state index in [4.69, 9.17) is 19.5 Å². The first kappa shape index (κ1) is 36.2. The summed E-state index contributed by atoms with van der Waals surface area (Å²) < 4.78 is 9.87. The monoisotopic (exact) mass is 693 g/mol. The number of benzene rings is 2. The van der Waals surface area contributed by atoms with Gasteiger partial charge < -0.3 is 25.0 Å². The number of ether oxygens (including phenoxy) is 2. The third kappa shape index (κ3) is 8.33. The summed E-state index contributed by atoms with van der Waals surface area (Å²) in [6.07, 6.45) is 10.7. The number of allylic oxidation sites excluding steroid dienone is 2. The number of rotatable bonds is 12. The molecule has 6 rings (SSSR count). The highest BCUT2D eigenvalue weighted by Gasteiger charge is 2.39. The molecule has 4 atom stereocenters. The van der Waals surface area contributed by atoms with E-state index in [1.807, 2.05) is 31.1 Å². The van der Waals surface area contributed by atoms with Crippen LogP contribution in [-0.4, -0.2) is 80.2 Å². The van der Waals surface area contributed by atoms with Crippen molar-refractivity contribution in [3.8, 4) is 11.1 Å². The van der Waals surface area contributed by atoms with E-state index in [9.17, 15) is 14.4 Å². The first-order valence-corrected chi connectivity index (χ1v) is 18.4. The second-order valence-electron chi connectivity index (χ2n) is 14.4. The molecule has 4 aliphatic rings. The molecule has 0 radical (unpaired) electrons. The molecule has 10 heteroatoms. The van der Waals surface area contributed by atoms with Crippen LogP contribution in [0.5, 0.6) is 0 Å². The molecule has 0 aromatic heterocycles. The SMILES string of the molecule is COCCNC(=O)[C@@H]1CCCCC1C1=NC=C(c2ccc(-c3ccc(C4=CN=C([C@@H]5CCCN5C(=O)[C@@H](NC(=O)OC)C(C)C)C4)cc3)cc2)C1. The van der Waals surface area contributed by atoms with Crippen LogP contribution in [0.4, 0.5) is 4.79 Å². The molecule has 2 N–H and O–H groups in total. The topological polar surface area (TPSA) is 122 Å². The van der Waals surface area contributed by atoms with Crippen LogP contribution in [0.1, 0.15) is 76.3 Å². The maximum absolute atomic E-state index is 13.5. The van der Waals surface area contributed by atoms with Gasteiger partial charge in [0, 0.05) is 68.7 Å². The summed E-state index contributed by atoms with van der Waals surface area (Å²) in [6, 6.07) is 16.5. The van der Waals surface area contributed by atoms with Crippen molar-refractivity contribution in [3.05, 3.63) is 72.1 Å². The Kier molecular flexibility index (Phi) is 11.8. The second-order valence-corrected chi connectivity index (χ2v) is 14.4. The zero-order valence-electron chi connectivity index (χ0n) is 30.3. The molecule has 2 fully saturated rings. The van der Waals surface area contributed by atoms with Gasteiger partial charge in [0.25, 0.3) is 0 Å². The van der Waals surface area contributed by atoms with Gasteiger partial charge in [0.15, 0.2) is 0 Å². The molecule has 51 heavy (non-hydrogen) atoms. The third-order valence-corrected chi connectivity index (χ3v) is 10.8. The average Bonchev–Trinajstić information content (AvgIpc) is 3.95. The van der Waals surface area contributed by atoms with Gasteiger partial charge in [-0.25, -0.2) is 4.79 Å². The Labute approximate surface area is 301 Å². The number of hydrogen-bond acceptors (Lipinski definition) is 7. The lowest BCUT2D eigenvalue weighted by Crippen LogP contribution is -2.53. The van der Waals surface area contributed by atoms with Crippen molar-refractivity contribution >= 4 is 40.5 Å². The third-order valence-electron chi connectivity index (χ3n) is 10.8. The summed E-state index contributed by atoms with van der Waals surface area (Å²) >= 11 is 0. The molecule has 1 aliphatic carbocycles. The van der Waals surface area contributed by atoms with E-state index in [1.165, 1.54) is 12.7 Å². The summed E-state index contributed by atoms with van der Waals surface area (Å²) in [5.74, 6) is 0.139. The normalized spacial score (nSPS) is 22.2. The van der Waals surface area contributed by atoms with Gasteiger partial charge in [0.2, 0.25) is 11.8 Å². The Bertz CT molecular complexity index is 1710. The minimum Gasteiger partial charge on any atom is -0.453 e.